The van der Waals surface area contributed by atoms with E-state index in [0.29, 0.717) is 0 Å². The monoisotopic (exact) mass is 202 g/mol. The van der Waals surface area contributed by atoms with Gasteiger partial charge in [-0.2, -0.15) is 0 Å². The van der Waals surface area contributed by atoms with Crippen LogP contribution in [0.1, 0.15) is 28.0 Å². The Hall–Kier alpha value is -1.72. The lowest BCUT2D eigenvalue weighted by Crippen LogP contribution is -2.08. The number of aromatic carboxylic acids is 1. The van der Waals surface area contributed by atoms with Crippen LogP contribution < -0.4 is 5.73 Å². The molecule has 0 aliphatic rings. The summed E-state index contributed by atoms with van der Waals surface area (Å²) in [6.45, 7) is 1.28. The van der Waals surface area contributed by atoms with Gasteiger partial charge >= 0.3 is 5.97 Å². The number of aromatic nitrogens is 1. The van der Waals surface area contributed by atoms with Gasteiger partial charge in [0, 0.05) is 0 Å². The predicted molar refractivity (Wildman–Crippen MR) is 45.3 cm³/mol. The van der Waals surface area contributed by atoms with Crippen molar-refractivity contribution >= 4 is 11.8 Å². The molecule has 76 valence electrons. The van der Waals surface area contributed by atoms with Crippen LogP contribution in [0.5, 0.6) is 0 Å². The van der Waals surface area contributed by atoms with Crippen molar-refractivity contribution in [2.75, 3.05) is 5.73 Å². The van der Waals surface area contributed by atoms with E-state index in [0.717, 1.165) is 6.07 Å². The zero-order chi connectivity index (χ0) is 10.9. The molecule has 0 aromatic carbocycles. The second kappa shape index (κ2) is 3.57. The molecule has 4 nitrogen and oxygen atoms in total. The molecular formula is C8H8F2N2O2. The van der Waals surface area contributed by atoms with E-state index in [1.54, 1.807) is 0 Å². The Morgan fingerprint density at radius 3 is 2.64 bits per heavy atom. The first-order valence-electron chi connectivity index (χ1n) is 3.72. The predicted octanol–water partition coefficient (Wildman–Crippen LogP) is 1.61. The molecule has 0 saturated heterocycles. The van der Waals surface area contributed by atoms with E-state index < -0.39 is 18.1 Å². The Balaban J connectivity index is 3.40. The van der Waals surface area contributed by atoms with Crippen LogP contribution in [-0.4, -0.2) is 16.1 Å². The number of nitrogen functional groups attached to an aromatic ring is 1. The first-order chi connectivity index (χ1) is 6.43. The normalized spacial score (nSPS) is 10.6. The molecule has 0 aliphatic carbocycles. The molecule has 1 rings (SSSR count). The van der Waals surface area contributed by atoms with Crippen LogP contribution in [0, 0.1) is 6.92 Å². The second-order valence-corrected chi connectivity index (χ2v) is 2.71. The van der Waals surface area contributed by atoms with Gasteiger partial charge < -0.3 is 10.8 Å². The Morgan fingerprint density at radius 1 is 1.64 bits per heavy atom. The van der Waals surface area contributed by atoms with E-state index in [1.165, 1.54) is 6.92 Å². The van der Waals surface area contributed by atoms with Crippen LogP contribution in [-0.2, 0) is 0 Å². The molecule has 1 aromatic rings. The third-order valence-corrected chi connectivity index (χ3v) is 1.77. The molecule has 1 heterocycles. The molecule has 0 bridgehead atoms. The Labute approximate surface area is 78.4 Å². The number of anilines is 1. The van der Waals surface area contributed by atoms with Crippen LogP contribution in [0.4, 0.5) is 14.6 Å². The molecule has 0 spiro atoms. The van der Waals surface area contributed by atoms with Gasteiger partial charge in [-0.25, -0.2) is 18.6 Å². The lowest BCUT2D eigenvalue weighted by Gasteiger charge is -2.07. The number of carbonyl (C=O) groups is 1. The maximum absolute atomic E-state index is 12.3. The minimum atomic E-state index is -2.82. The van der Waals surface area contributed by atoms with Gasteiger partial charge in [0.1, 0.15) is 11.5 Å². The number of carboxylic acids is 1. The summed E-state index contributed by atoms with van der Waals surface area (Å²) in [6, 6.07) is 1.06. The number of hydrogen-bond donors (Lipinski definition) is 2. The number of carboxylic acid groups (broad SMARTS) is 1. The molecule has 0 atom stereocenters. The number of hydrogen-bond acceptors (Lipinski definition) is 3. The summed E-state index contributed by atoms with van der Waals surface area (Å²) in [4.78, 5) is 14.0. The SMILES string of the molecule is Cc1c(C(=O)O)cc(N)nc1C(F)F. The van der Waals surface area contributed by atoms with Gasteiger partial charge in [0.05, 0.1) is 5.56 Å². The highest BCUT2D eigenvalue weighted by Crippen LogP contribution is 2.24. The number of halogens is 2. The zero-order valence-electron chi connectivity index (χ0n) is 7.29. The lowest BCUT2D eigenvalue weighted by molar-refractivity contribution is 0.0695. The standard InChI is InChI=1S/C8H8F2N2O2/c1-3-4(8(13)14)2-5(11)12-6(3)7(9)10/h2,7H,1H3,(H2,11,12)(H,13,14). The Morgan fingerprint density at radius 2 is 2.21 bits per heavy atom. The molecule has 0 fully saturated rings. The summed E-state index contributed by atoms with van der Waals surface area (Å²) in [6.07, 6.45) is -2.82. The molecule has 0 radical (unpaired) electrons. The average Bonchev–Trinajstić information content (AvgIpc) is 2.07. The summed E-state index contributed by atoms with van der Waals surface area (Å²) < 4.78 is 24.7. The van der Waals surface area contributed by atoms with Gasteiger partial charge in [-0.1, -0.05) is 0 Å². The summed E-state index contributed by atoms with van der Waals surface area (Å²) in [5.41, 5.74) is 4.32. The summed E-state index contributed by atoms with van der Waals surface area (Å²) >= 11 is 0. The Kier molecular flexibility index (Phi) is 2.64. The molecule has 0 saturated carbocycles. The number of nitrogens with two attached hydrogens (primary N) is 1. The zero-order valence-corrected chi connectivity index (χ0v) is 7.29. The minimum absolute atomic E-state index is 0.0540. The van der Waals surface area contributed by atoms with Crippen LogP contribution in [0.15, 0.2) is 6.07 Å². The fourth-order valence-electron chi connectivity index (χ4n) is 1.08. The quantitative estimate of drug-likeness (QED) is 0.763. The smallest absolute Gasteiger partial charge is 0.336 e. The van der Waals surface area contributed by atoms with E-state index in [1.807, 2.05) is 0 Å². The summed E-state index contributed by atoms with van der Waals surface area (Å²) in [7, 11) is 0. The van der Waals surface area contributed by atoms with Crippen LogP contribution in [0.2, 0.25) is 0 Å². The van der Waals surface area contributed by atoms with Crippen molar-refractivity contribution in [3.8, 4) is 0 Å². The van der Waals surface area contributed by atoms with Crippen molar-refractivity contribution in [3.05, 3.63) is 22.9 Å². The fraction of sp³-hybridized carbons (Fsp3) is 0.250. The van der Waals surface area contributed by atoms with Crippen molar-refractivity contribution in [1.82, 2.24) is 4.98 Å². The first kappa shape index (κ1) is 10.4. The topological polar surface area (TPSA) is 76.2 Å². The van der Waals surface area contributed by atoms with Gasteiger partial charge in [-0.3, -0.25) is 0 Å². The first-order valence-corrected chi connectivity index (χ1v) is 3.72. The van der Waals surface area contributed by atoms with Gasteiger partial charge in [0.2, 0.25) is 0 Å². The highest BCUT2D eigenvalue weighted by atomic mass is 19.3. The number of alkyl halides is 2. The molecule has 0 unspecified atom stereocenters. The molecule has 0 amide bonds. The third-order valence-electron chi connectivity index (χ3n) is 1.77. The van der Waals surface area contributed by atoms with Gasteiger partial charge in [0.25, 0.3) is 6.43 Å². The van der Waals surface area contributed by atoms with Crippen LogP contribution in [0.3, 0.4) is 0 Å². The van der Waals surface area contributed by atoms with Gasteiger partial charge in [0.15, 0.2) is 0 Å². The number of rotatable bonds is 2. The molecule has 0 aliphatic heterocycles. The van der Waals surface area contributed by atoms with Gasteiger partial charge in [-0.05, 0) is 18.6 Å². The maximum atomic E-state index is 12.3. The number of pyridine rings is 1. The number of nitrogens with zero attached hydrogens (tertiary/aromatic N) is 1. The molecule has 14 heavy (non-hydrogen) atoms. The average molecular weight is 202 g/mol. The maximum Gasteiger partial charge on any atom is 0.336 e. The molecular weight excluding hydrogens is 194 g/mol. The molecule has 6 heteroatoms. The van der Waals surface area contributed by atoms with E-state index in [4.69, 9.17) is 10.8 Å². The van der Waals surface area contributed by atoms with Crippen molar-refractivity contribution in [1.29, 1.82) is 0 Å². The van der Waals surface area contributed by atoms with E-state index >= 15 is 0 Å². The van der Waals surface area contributed by atoms with Gasteiger partial charge in [-0.15, -0.1) is 0 Å². The highest BCUT2D eigenvalue weighted by molar-refractivity contribution is 5.90. The Bertz CT molecular complexity index is 380. The van der Waals surface area contributed by atoms with Crippen molar-refractivity contribution in [2.24, 2.45) is 0 Å². The summed E-state index contributed by atoms with van der Waals surface area (Å²) in [5.74, 6) is -1.51. The lowest BCUT2D eigenvalue weighted by atomic mass is 10.1. The highest BCUT2D eigenvalue weighted by Gasteiger charge is 2.19. The van der Waals surface area contributed by atoms with Crippen molar-refractivity contribution < 1.29 is 18.7 Å². The van der Waals surface area contributed by atoms with Crippen molar-refractivity contribution in [2.45, 2.75) is 13.3 Å². The van der Waals surface area contributed by atoms with E-state index in [2.05, 4.69) is 4.98 Å². The van der Waals surface area contributed by atoms with E-state index in [-0.39, 0.29) is 16.9 Å². The van der Waals surface area contributed by atoms with Crippen LogP contribution in [0.25, 0.3) is 0 Å². The summed E-state index contributed by atoms with van der Waals surface area (Å²) in [5, 5.41) is 8.67. The minimum Gasteiger partial charge on any atom is -0.478 e. The molecule has 3 N–H and O–H groups in total. The largest absolute Gasteiger partial charge is 0.478 e. The second-order valence-electron chi connectivity index (χ2n) is 2.71. The van der Waals surface area contributed by atoms with E-state index in [9.17, 15) is 13.6 Å². The fourth-order valence-corrected chi connectivity index (χ4v) is 1.08. The third kappa shape index (κ3) is 1.78. The van der Waals surface area contributed by atoms with Crippen LogP contribution >= 0.6 is 0 Å². The van der Waals surface area contributed by atoms with Crippen molar-refractivity contribution in [3.63, 3.8) is 0 Å². The molecule has 1 aromatic heterocycles.